The smallest absolute Gasteiger partial charge is 0.273 e. The molecule has 15 heteroatoms. The minimum Gasteiger partial charge on any atom is -0.399 e. The Hall–Kier alpha value is -6.70. The van der Waals surface area contributed by atoms with Crippen LogP contribution in [0.1, 0.15) is 43.7 Å². The molecule has 4 aliphatic rings. The first kappa shape index (κ1) is 37.9. The molecular formula is C44H37Cl2N9O4. The van der Waals surface area contributed by atoms with E-state index in [2.05, 4.69) is 0 Å². The number of carbonyl (C=O) groups is 4. The van der Waals surface area contributed by atoms with Crippen molar-refractivity contribution in [3.8, 4) is 0 Å². The zero-order valence-corrected chi connectivity index (χ0v) is 33.4. The van der Waals surface area contributed by atoms with Gasteiger partial charge in [-0.25, -0.2) is 9.98 Å². The fourth-order valence-corrected chi connectivity index (χ4v) is 8.95. The number of nitrogens with zero attached hydrogens (tertiary/aromatic N) is 6. The van der Waals surface area contributed by atoms with Crippen LogP contribution < -0.4 is 31.9 Å². The van der Waals surface area contributed by atoms with Crippen molar-refractivity contribution in [2.75, 3.05) is 46.8 Å². The third-order valence-electron chi connectivity index (χ3n) is 11.2. The summed E-state index contributed by atoms with van der Waals surface area (Å²) >= 11 is 13.1. The highest BCUT2D eigenvalue weighted by molar-refractivity contribution is 6.39. The predicted octanol–water partition coefficient (Wildman–Crippen LogP) is 5.05. The molecule has 0 radical (unpaired) electrons. The number of primary amides is 1. The minimum absolute atomic E-state index is 0.0178. The molecule has 4 amide bonds. The van der Waals surface area contributed by atoms with Gasteiger partial charge in [-0.15, -0.1) is 0 Å². The standard InChI is InChI=1S/C44H37Cl2N9O4/c1-52(2)28-16-24-13-14-53-37(24)30(21-28)36(23-11-7-4-8-12-23)50-40(43(53)58)55(42(57)26-17-31(45)34(48)32(46)18-26)41-44(59)54-33(39(49)56)19-25-15-27(47)20-29(38(25)54)35(51-41)22-9-5-3-6-10-22/h3-12,15-18,20-21,33,40-41H,13-14,19,47-48H2,1-2H3,(H2,49,56)/t33-,40+,41?/m0/s1. The summed E-state index contributed by atoms with van der Waals surface area (Å²) in [6.07, 6.45) is -2.89. The summed E-state index contributed by atoms with van der Waals surface area (Å²) in [6.45, 7) is 0.287. The topological polar surface area (TPSA) is 184 Å². The summed E-state index contributed by atoms with van der Waals surface area (Å²) in [5.74, 6) is -2.98. The summed E-state index contributed by atoms with van der Waals surface area (Å²) in [5.41, 5.74) is 25.5. The van der Waals surface area contributed by atoms with Gasteiger partial charge in [-0.05, 0) is 53.9 Å². The molecule has 0 saturated heterocycles. The van der Waals surface area contributed by atoms with Gasteiger partial charge in [0.2, 0.25) is 18.2 Å². The van der Waals surface area contributed by atoms with Gasteiger partial charge in [0.1, 0.15) is 6.04 Å². The molecule has 0 saturated carbocycles. The fraction of sp³-hybridized carbons (Fsp3) is 0.182. The maximum atomic E-state index is 15.5. The molecule has 5 aromatic carbocycles. The zero-order valence-electron chi connectivity index (χ0n) is 31.9. The molecule has 1 unspecified atom stereocenters. The molecule has 4 heterocycles. The van der Waals surface area contributed by atoms with E-state index in [1.807, 2.05) is 91.8 Å². The van der Waals surface area contributed by atoms with Crippen LogP contribution in [0, 0.1) is 0 Å². The number of halogens is 2. The van der Waals surface area contributed by atoms with E-state index in [-0.39, 0.29) is 34.3 Å². The molecule has 3 atom stereocenters. The molecule has 6 N–H and O–H groups in total. The monoisotopic (exact) mass is 825 g/mol. The van der Waals surface area contributed by atoms with Crippen LogP contribution in [0.3, 0.4) is 0 Å². The Labute approximate surface area is 349 Å². The Bertz CT molecular complexity index is 2680. The molecule has 13 nitrogen and oxygen atoms in total. The quantitative estimate of drug-likeness (QED) is 0.192. The number of anilines is 5. The van der Waals surface area contributed by atoms with Crippen LogP contribution in [0.4, 0.5) is 28.4 Å². The van der Waals surface area contributed by atoms with Crippen molar-refractivity contribution in [2.24, 2.45) is 15.7 Å². The van der Waals surface area contributed by atoms with E-state index in [9.17, 15) is 4.79 Å². The Kier molecular flexibility index (Phi) is 9.17. The van der Waals surface area contributed by atoms with E-state index < -0.39 is 42.0 Å². The van der Waals surface area contributed by atoms with Gasteiger partial charge < -0.3 is 27.0 Å². The highest BCUT2D eigenvalue weighted by atomic mass is 35.5. The highest BCUT2D eigenvalue weighted by Gasteiger charge is 2.51. The van der Waals surface area contributed by atoms with Gasteiger partial charge in [0, 0.05) is 66.3 Å². The van der Waals surface area contributed by atoms with Crippen LogP contribution in [0.15, 0.2) is 107 Å². The normalized spacial score (nSPS) is 19.0. The molecule has 0 spiro atoms. The van der Waals surface area contributed by atoms with Crippen molar-refractivity contribution in [1.82, 2.24) is 4.90 Å². The number of nitrogens with two attached hydrogens (primary N) is 3. The van der Waals surface area contributed by atoms with Crippen LogP contribution in [-0.4, -0.2) is 79.0 Å². The van der Waals surface area contributed by atoms with Gasteiger partial charge in [-0.2, -0.15) is 0 Å². The highest BCUT2D eigenvalue weighted by Crippen LogP contribution is 2.44. The molecule has 0 fully saturated rings. The molecule has 4 aliphatic heterocycles. The molecule has 0 aliphatic carbocycles. The molecule has 0 bridgehead atoms. The van der Waals surface area contributed by atoms with E-state index >= 15 is 14.4 Å². The Morgan fingerprint density at radius 1 is 0.746 bits per heavy atom. The van der Waals surface area contributed by atoms with Gasteiger partial charge in [-0.3, -0.25) is 29.0 Å². The average molecular weight is 827 g/mol. The van der Waals surface area contributed by atoms with Gasteiger partial charge in [-0.1, -0.05) is 83.9 Å². The maximum Gasteiger partial charge on any atom is 0.273 e. The van der Waals surface area contributed by atoms with Crippen molar-refractivity contribution in [2.45, 2.75) is 31.2 Å². The molecule has 296 valence electrons. The lowest BCUT2D eigenvalue weighted by molar-refractivity contribution is -0.129. The summed E-state index contributed by atoms with van der Waals surface area (Å²) in [5, 5.41) is -0.0356. The van der Waals surface area contributed by atoms with Crippen molar-refractivity contribution < 1.29 is 19.2 Å². The molecule has 59 heavy (non-hydrogen) atoms. The Morgan fingerprint density at radius 2 is 1.32 bits per heavy atom. The molecular weight excluding hydrogens is 789 g/mol. The second kappa shape index (κ2) is 14.3. The number of rotatable bonds is 7. The summed E-state index contributed by atoms with van der Waals surface area (Å²) < 4.78 is 0. The van der Waals surface area contributed by atoms with Crippen molar-refractivity contribution in [3.63, 3.8) is 0 Å². The largest absolute Gasteiger partial charge is 0.399 e. The summed E-state index contributed by atoms with van der Waals surface area (Å²) in [7, 11) is 3.87. The average Bonchev–Trinajstić information content (AvgIpc) is 3.78. The van der Waals surface area contributed by atoms with Gasteiger partial charge in [0.05, 0.1) is 38.5 Å². The number of hydrogen-bond donors (Lipinski definition) is 3. The first-order valence-electron chi connectivity index (χ1n) is 18.9. The van der Waals surface area contributed by atoms with Crippen molar-refractivity contribution in [3.05, 3.63) is 146 Å². The summed E-state index contributed by atoms with van der Waals surface area (Å²) in [6, 6.07) is 27.3. The van der Waals surface area contributed by atoms with Gasteiger partial charge >= 0.3 is 0 Å². The Balaban J connectivity index is 1.35. The van der Waals surface area contributed by atoms with Crippen LogP contribution in [0.2, 0.25) is 10.0 Å². The lowest BCUT2D eigenvalue weighted by Crippen LogP contribution is -2.59. The first-order chi connectivity index (χ1) is 28.3. The fourth-order valence-electron chi connectivity index (χ4n) is 8.46. The van der Waals surface area contributed by atoms with E-state index in [1.54, 1.807) is 17.0 Å². The molecule has 0 aromatic heterocycles. The SMILES string of the molecule is CN(C)c1cc2c3c(c1)C(c1ccccc1)=N[C@H](N(C(=O)c1cc(Cl)c(N)c(Cl)c1)C1N=C(c4ccccc4)c4cc(N)cc5c4N(C1=O)[C@H](C(N)=O)C5)C(=O)N3CC2. The Morgan fingerprint density at radius 3 is 1.90 bits per heavy atom. The van der Waals surface area contributed by atoms with E-state index in [0.29, 0.717) is 62.7 Å². The van der Waals surface area contributed by atoms with Gasteiger partial charge in [0.15, 0.2) is 0 Å². The molecule has 9 rings (SSSR count). The number of benzene rings is 5. The number of nitrogen functional groups attached to an aromatic ring is 2. The van der Waals surface area contributed by atoms with Crippen LogP contribution in [0.5, 0.6) is 0 Å². The van der Waals surface area contributed by atoms with Crippen LogP contribution in [0.25, 0.3) is 0 Å². The van der Waals surface area contributed by atoms with Crippen molar-refractivity contribution >= 4 is 86.7 Å². The maximum absolute atomic E-state index is 15.5. The molecule has 5 aromatic rings. The predicted molar refractivity (Wildman–Crippen MR) is 231 cm³/mol. The van der Waals surface area contributed by atoms with E-state index in [1.165, 1.54) is 17.0 Å². The lowest BCUT2D eigenvalue weighted by Gasteiger charge is -2.36. The number of carbonyl (C=O) groups excluding carboxylic acids is 4. The first-order valence-corrected chi connectivity index (χ1v) is 19.6. The van der Waals surface area contributed by atoms with Crippen LogP contribution >= 0.6 is 23.2 Å². The number of aliphatic imine (C=N–C) groups is 2. The second-order valence-corrected chi connectivity index (χ2v) is 15.9. The third-order valence-corrected chi connectivity index (χ3v) is 11.8. The summed E-state index contributed by atoms with van der Waals surface area (Å²) in [4.78, 5) is 75.9. The zero-order chi connectivity index (χ0) is 41.4. The van der Waals surface area contributed by atoms with Gasteiger partial charge in [0.25, 0.3) is 17.7 Å². The third kappa shape index (κ3) is 6.16. The van der Waals surface area contributed by atoms with Crippen molar-refractivity contribution in [1.29, 1.82) is 0 Å². The van der Waals surface area contributed by atoms with Crippen LogP contribution in [-0.2, 0) is 27.2 Å². The lowest BCUT2D eigenvalue weighted by atomic mass is 9.97. The number of amides is 4. The van der Waals surface area contributed by atoms with E-state index in [0.717, 1.165) is 16.2 Å². The number of hydrogen-bond acceptors (Lipinski definition) is 9. The minimum atomic E-state index is -1.80. The van der Waals surface area contributed by atoms with E-state index in [4.69, 9.17) is 50.4 Å². The second-order valence-electron chi connectivity index (χ2n) is 15.0.